The molecule has 4 rings (SSSR count). The molecule has 8 nitrogen and oxygen atoms in total. The van der Waals surface area contributed by atoms with E-state index in [1.165, 1.54) is 24.3 Å². The van der Waals surface area contributed by atoms with Gasteiger partial charge >= 0.3 is 0 Å². The molecule has 0 fully saturated rings. The number of halogens is 3. The van der Waals surface area contributed by atoms with E-state index in [4.69, 9.17) is 34.8 Å². The molecule has 0 saturated carbocycles. The highest BCUT2D eigenvalue weighted by molar-refractivity contribution is 7.21. The molecule has 0 spiro atoms. The molecular weight excluding hydrogens is 487 g/mol. The second-order valence-electron chi connectivity index (χ2n) is 6.37. The van der Waals surface area contributed by atoms with Gasteiger partial charge in [0.25, 0.3) is 17.0 Å². The van der Waals surface area contributed by atoms with Crippen molar-refractivity contribution in [3.8, 4) is 0 Å². The Labute approximate surface area is 192 Å². The molecular formula is C19H11Cl3N4O4S. The lowest BCUT2D eigenvalue weighted by Gasteiger charge is -2.08. The molecule has 0 aliphatic rings. The Hall–Kier alpha value is -2.85. The van der Waals surface area contributed by atoms with Crippen LogP contribution >= 0.6 is 46.1 Å². The Morgan fingerprint density at radius 3 is 2.52 bits per heavy atom. The number of aromatic nitrogens is 2. The number of hydrogen-bond donors (Lipinski definition) is 4. The maximum absolute atomic E-state index is 12.6. The number of nitrogens with one attached hydrogen (secondary N) is 4. The van der Waals surface area contributed by atoms with Gasteiger partial charge in [0.05, 0.1) is 33.0 Å². The Morgan fingerprint density at radius 2 is 1.74 bits per heavy atom. The number of amides is 2. The first kappa shape index (κ1) is 21.4. The summed E-state index contributed by atoms with van der Waals surface area (Å²) in [7, 11) is 0. The average molecular weight is 498 g/mol. The second-order valence-corrected chi connectivity index (χ2v) is 8.65. The number of H-pyrrole nitrogens is 2. The zero-order valence-corrected chi connectivity index (χ0v) is 18.4. The normalized spacial score (nSPS) is 11.1. The van der Waals surface area contributed by atoms with Gasteiger partial charge in [-0.2, -0.15) is 0 Å². The van der Waals surface area contributed by atoms with Gasteiger partial charge in [0.15, 0.2) is 0 Å². The van der Waals surface area contributed by atoms with Crippen LogP contribution in [-0.4, -0.2) is 28.6 Å². The van der Waals surface area contributed by atoms with E-state index in [-0.39, 0.29) is 26.4 Å². The molecule has 0 radical (unpaired) electrons. The molecule has 158 valence electrons. The van der Waals surface area contributed by atoms with Crippen molar-refractivity contribution in [1.82, 2.24) is 15.5 Å². The first-order chi connectivity index (χ1) is 14.8. The molecule has 0 aliphatic carbocycles. The lowest BCUT2D eigenvalue weighted by atomic mass is 10.1. The SMILES string of the molecule is O=C(CNC(=O)c1sc2cc(Cl)cc(Cl)c2c1Cl)Nc1cccc2c(=O)[nH][nH]c(=O)c12. The first-order valence-electron chi connectivity index (χ1n) is 8.65. The molecule has 0 atom stereocenters. The van der Waals surface area contributed by atoms with Gasteiger partial charge in [0.1, 0.15) is 4.88 Å². The van der Waals surface area contributed by atoms with Crippen LogP contribution in [-0.2, 0) is 4.79 Å². The van der Waals surface area contributed by atoms with Gasteiger partial charge in [-0.05, 0) is 24.3 Å². The third-order valence-corrected chi connectivity index (χ3v) is 6.51. The maximum Gasteiger partial charge on any atom is 0.272 e. The monoisotopic (exact) mass is 496 g/mol. The lowest BCUT2D eigenvalue weighted by molar-refractivity contribution is -0.115. The minimum atomic E-state index is -0.598. The van der Waals surface area contributed by atoms with Crippen molar-refractivity contribution in [2.24, 2.45) is 0 Å². The van der Waals surface area contributed by atoms with E-state index in [0.29, 0.717) is 20.1 Å². The van der Waals surface area contributed by atoms with Crippen molar-refractivity contribution in [2.75, 3.05) is 11.9 Å². The van der Waals surface area contributed by atoms with Crippen LogP contribution in [0.2, 0.25) is 15.1 Å². The van der Waals surface area contributed by atoms with Crippen molar-refractivity contribution in [3.05, 3.63) is 71.0 Å². The molecule has 31 heavy (non-hydrogen) atoms. The van der Waals surface area contributed by atoms with Gasteiger partial charge in [-0.15, -0.1) is 11.3 Å². The number of fused-ring (bicyclic) bond motifs is 2. The maximum atomic E-state index is 12.6. The molecule has 2 aromatic heterocycles. The molecule has 2 amide bonds. The summed E-state index contributed by atoms with van der Waals surface area (Å²) in [6.45, 7) is -0.393. The van der Waals surface area contributed by atoms with Crippen LogP contribution in [0.3, 0.4) is 0 Å². The molecule has 0 unspecified atom stereocenters. The van der Waals surface area contributed by atoms with E-state index in [2.05, 4.69) is 20.8 Å². The number of hydrogen-bond acceptors (Lipinski definition) is 5. The number of carbonyl (C=O) groups excluding carboxylic acids is 2. The summed E-state index contributed by atoms with van der Waals surface area (Å²) in [5, 5.41) is 11.0. The molecule has 0 bridgehead atoms. The van der Waals surface area contributed by atoms with E-state index in [1.807, 2.05) is 0 Å². The first-order valence-corrected chi connectivity index (χ1v) is 10.6. The van der Waals surface area contributed by atoms with Crippen LogP contribution in [0.25, 0.3) is 20.9 Å². The fraction of sp³-hybridized carbons (Fsp3) is 0.0526. The topological polar surface area (TPSA) is 124 Å². The number of rotatable bonds is 4. The summed E-state index contributed by atoms with van der Waals surface area (Å²) in [6.07, 6.45) is 0. The molecule has 4 aromatic rings. The molecule has 12 heteroatoms. The Kier molecular flexibility index (Phi) is 5.76. The molecule has 4 N–H and O–H groups in total. The van der Waals surface area contributed by atoms with Crippen molar-refractivity contribution < 1.29 is 9.59 Å². The Bertz CT molecular complexity index is 1490. The smallest absolute Gasteiger partial charge is 0.272 e. The molecule has 0 saturated heterocycles. The quantitative estimate of drug-likeness (QED) is 0.343. The number of carbonyl (C=O) groups is 2. The third kappa shape index (κ3) is 4.05. The summed E-state index contributed by atoms with van der Waals surface area (Å²) in [4.78, 5) is 49.0. The van der Waals surface area contributed by atoms with E-state index in [1.54, 1.807) is 6.07 Å². The lowest BCUT2D eigenvalue weighted by Crippen LogP contribution is -2.33. The van der Waals surface area contributed by atoms with E-state index in [0.717, 1.165) is 11.3 Å². The standard InChI is InChI=1S/C19H11Cl3N4O4S/c20-7-4-9(21)14-11(5-7)31-16(15(14)22)19(30)23-6-12(27)24-10-3-1-2-8-13(10)18(29)26-25-17(8)28/h1-5H,6H2,(H,23,30)(H,24,27)(H,25,28)(H,26,29). The fourth-order valence-electron chi connectivity index (χ4n) is 3.03. The van der Waals surface area contributed by atoms with Gasteiger partial charge < -0.3 is 10.6 Å². The van der Waals surface area contributed by atoms with Crippen molar-refractivity contribution in [1.29, 1.82) is 0 Å². The van der Waals surface area contributed by atoms with Gasteiger partial charge in [0, 0.05) is 15.1 Å². The molecule has 2 heterocycles. The minimum Gasteiger partial charge on any atom is -0.342 e. The zero-order valence-electron chi connectivity index (χ0n) is 15.3. The van der Waals surface area contributed by atoms with Gasteiger partial charge in [0.2, 0.25) is 5.91 Å². The van der Waals surface area contributed by atoms with E-state index in [9.17, 15) is 19.2 Å². The minimum absolute atomic E-state index is 0.0324. The van der Waals surface area contributed by atoms with Gasteiger partial charge in [-0.25, -0.2) is 0 Å². The number of anilines is 1. The number of benzene rings is 2. The van der Waals surface area contributed by atoms with Crippen LogP contribution in [0.5, 0.6) is 0 Å². The Morgan fingerprint density at radius 1 is 1.00 bits per heavy atom. The highest BCUT2D eigenvalue weighted by atomic mass is 35.5. The highest BCUT2D eigenvalue weighted by Crippen LogP contribution is 2.41. The predicted molar refractivity (Wildman–Crippen MR) is 123 cm³/mol. The summed E-state index contributed by atoms with van der Waals surface area (Å²) in [5.41, 5.74) is -0.926. The summed E-state index contributed by atoms with van der Waals surface area (Å²) >= 11 is 19.5. The zero-order chi connectivity index (χ0) is 22.3. The van der Waals surface area contributed by atoms with E-state index >= 15 is 0 Å². The van der Waals surface area contributed by atoms with Crippen LogP contribution in [0.1, 0.15) is 9.67 Å². The van der Waals surface area contributed by atoms with Crippen molar-refractivity contribution in [2.45, 2.75) is 0 Å². The van der Waals surface area contributed by atoms with Crippen LogP contribution in [0, 0.1) is 0 Å². The largest absolute Gasteiger partial charge is 0.342 e. The summed E-state index contributed by atoms with van der Waals surface area (Å²) < 4.78 is 0.636. The highest BCUT2D eigenvalue weighted by Gasteiger charge is 2.20. The van der Waals surface area contributed by atoms with Crippen LogP contribution < -0.4 is 21.8 Å². The second kappa shape index (κ2) is 8.35. The molecule has 0 aliphatic heterocycles. The van der Waals surface area contributed by atoms with Gasteiger partial charge in [-0.3, -0.25) is 29.4 Å². The Balaban J connectivity index is 1.53. The fourth-order valence-corrected chi connectivity index (χ4v) is 5.32. The van der Waals surface area contributed by atoms with Crippen LogP contribution in [0.4, 0.5) is 5.69 Å². The average Bonchev–Trinajstić information content (AvgIpc) is 3.05. The van der Waals surface area contributed by atoms with Crippen LogP contribution in [0.15, 0.2) is 39.9 Å². The number of aromatic amines is 2. The summed E-state index contributed by atoms with van der Waals surface area (Å²) in [5.74, 6) is -1.17. The van der Waals surface area contributed by atoms with Gasteiger partial charge in [-0.1, -0.05) is 40.9 Å². The predicted octanol–water partition coefficient (Wildman–Crippen LogP) is 3.76. The molecule has 2 aromatic carbocycles. The van der Waals surface area contributed by atoms with Crippen molar-refractivity contribution in [3.63, 3.8) is 0 Å². The third-order valence-electron chi connectivity index (χ3n) is 4.37. The van der Waals surface area contributed by atoms with Crippen molar-refractivity contribution >= 4 is 84.5 Å². The number of thiophene rings is 1. The summed E-state index contributed by atoms with van der Waals surface area (Å²) in [6, 6.07) is 7.63. The van der Waals surface area contributed by atoms with E-state index < -0.39 is 29.5 Å².